The van der Waals surface area contributed by atoms with E-state index in [-0.39, 0.29) is 11.6 Å². The zero-order valence-electron chi connectivity index (χ0n) is 9.67. The summed E-state index contributed by atoms with van der Waals surface area (Å²) in [6, 6.07) is 6.02. The van der Waals surface area contributed by atoms with Crippen LogP contribution in [0.5, 0.6) is 0 Å². The highest BCUT2D eigenvalue weighted by Gasteiger charge is 2.35. The molecule has 2 rings (SSSR count). The van der Waals surface area contributed by atoms with E-state index in [1.807, 2.05) is 0 Å². The molecule has 0 unspecified atom stereocenters. The van der Waals surface area contributed by atoms with E-state index in [4.69, 9.17) is 17.3 Å². The highest BCUT2D eigenvalue weighted by molar-refractivity contribution is 9.10. The summed E-state index contributed by atoms with van der Waals surface area (Å²) in [5, 5.41) is 3.13. The molecule has 3 N–H and O–H groups in total. The molecule has 0 fully saturated rings. The molecule has 0 bridgehead atoms. The number of aromatic nitrogens is 2. The average Bonchev–Trinajstić information content (AvgIpc) is 2.32. The molecular weight excluding hydrogens is 360 g/mol. The lowest BCUT2D eigenvalue weighted by molar-refractivity contribution is -0.144. The Balaban J connectivity index is 2.39. The summed E-state index contributed by atoms with van der Waals surface area (Å²) in [6.45, 7) is 0. The van der Waals surface area contributed by atoms with Gasteiger partial charge in [0, 0.05) is 15.6 Å². The maximum atomic E-state index is 12.6. The summed E-state index contributed by atoms with van der Waals surface area (Å²) >= 11 is 9.07. The fourth-order valence-corrected chi connectivity index (χ4v) is 1.91. The minimum absolute atomic E-state index is 0.0761. The van der Waals surface area contributed by atoms with Crippen molar-refractivity contribution in [3.63, 3.8) is 0 Å². The first-order chi connectivity index (χ1) is 9.25. The van der Waals surface area contributed by atoms with Crippen molar-refractivity contribution >= 4 is 44.9 Å². The lowest BCUT2D eigenvalue weighted by atomic mass is 10.3. The van der Waals surface area contributed by atoms with E-state index < -0.39 is 12.0 Å². The third-order valence-electron chi connectivity index (χ3n) is 2.19. The molecule has 9 heteroatoms. The Morgan fingerprint density at radius 1 is 1.20 bits per heavy atom. The Morgan fingerprint density at radius 2 is 1.90 bits per heavy atom. The molecule has 106 valence electrons. The molecule has 1 aromatic carbocycles. The molecular formula is C11H7BrClF3N4. The van der Waals surface area contributed by atoms with Gasteiger partial charge in [-0.25, -0.2) is 9.97 Å². The van der Waals surface area contributed by atoms with E-state index in [1.165, 1.54) is 12.1 Å². The monoisotopic (exact) mass is 366 g/mol. The molecule has 1 heterocycles. The second-order valence-electron chi connectivity index (χ2n) is 3.75. The molecule has 0 aliphatic heterocycles. The number of nitrogens with zero attached hydrogens (tertiary/aromatic N) is 2. The van der Waals surface area contributed by atoms with E-state index in [9.17, 15) is 13.2 Å². The molecule has 0 spiro atoms. The SMILES string of the molecule is Nc1cc(Nc2cc(Cl)ccc2Br)nc(C(F)(F)F)n1. The van der Waals surface area contributed by atoms with Crippen molar-refractivity contribution in [2.75, 3.05) is 11.1 Å². The van der Waals surface area contributed by atoms with Gasteiger partial charge in [0.2, 0.25) is 5.82 Å². The predicted octanol–water partition coefficient (Wildman–Crippen LogP) is 4.24. The van der Waals surface area contributed by atoms with E-state index in [2.05, 4.69) is 31.2 Å². The molecule has 0 aliphatic rings. The summed E-state index contributed by atoms with van der Waals surface area (Å²) in [5.41, 5.74) is 5.81. The summed E-state index contributed by atoms with van der Waals surface area (Å²) in [7, 11) is 0. The summed E-state index contributed by atoms with van der Waals surface area (Å²) in [6.07, 6.45) is -4.67. The molecule has 0 radical (unpaired) electrons. The highest BCUT2D eigenvalue weighted by Crippen LogP contribution is 2.31. The second kappa shape index (κ2) is 5.45. The molecule has 1 aromatic heterocycles. The van der Waals surface area contributed by atoms with Crippen molar-refractivity contribution in [3.8, 4) is 0 Å². The molecule has 0 atom stereocenters. The highest BCUT2D eigenvalue weighted by atomic mass is 79.9. The third-order valence-corrected chi connectivity index (χ3v) is 3.12. The summed E-state index contributed by atoms with van der Waals surface area (Å²) in [4.78, 5) is 6.53. The van der Waals surface area contributed by atoms with Gasteiger partial charge in [-0.15, -0.1) is 0 Å². The van der Waals surface area contributed by atoms with Crippen molar-refractivity contribution in [2.45, 2.75) is 6.18 Å². The Morgan fingerprint density at radius 3 is 2.55 bits per heavy atom. The number of nitrogens with two attached hydrogens (primary N) is 1. The summed E-state index contributed by atoms with van der Waals surface area (Å²) in [5.74, 6) is -1.67. The number of hydrogen-bond acceptors (Lipinski definition) is 4. The van der Waals surface area contributed by atoms with E-state index in [0.29, 0.717) is 15.2 Å². The Kier molecular flexibility index (Phi) is 4.05. The zero-order chi connectivity index (χ0) is 14.9. The zero-order valence-corrected chi connectivity index (χ0v) is 12.0. The van der Waals surface area contributed by atoms with Gasteiger partial charge >= 0.3 is 6.18 Å². The van der Waals surface area contributed by atoms with Crippen LogP contribution >= 0.6 is 27.5 Å². The number of alkyl halides is 3. The van der Waals surface area contributed by atoms with Gasteiger partial charge in [0.25, 0.3) is 0 Å². The normalized spacial score (nSPS) is 11.4. The third kappa shape index (κ3) is 3.51. The maximum Gasteiger partial charge on any atom is 0.451 e. The molecule has 20 heavy (non-hydrogen) atoms. The van der Waals surface area contributed by atoms with Gasteiger partial charge in [-0.1, -0.05) is 11.6 Å². The van der Waals surface area contributed by atoms with Crippen molar-refractivity contribution in [1.82, 2.24) is 9.97 Å². The first-order valence-electron chi connectivity index (χ1n) is 5.19. The lowest BCUT2D eigenvalue weighted by Gasteiger charge is -2.11. The van der Waals surface area contributed by atoms with Crippen molar-refractivity contribution < 1.29 is 13.2 Å². The minimum atomic E-state index is -4.67. The average molecular weight is 368 g/mol. The number of nitrogens with one attached hydrogen (secondary N) is 1. The number of rotatable bonds is 2. The topological polar surface area (TPSA) is 63.8 Å². The van der Waals surface area contributed by atoms with Gasteiger partial charge in [-0.2, -0.15) is 13.2 Å². The molecule has 0 saturated heterocycles. The quantitative estimate of drug-likeness (QED) is 0.833. The van der Waals surface area contributed by atoms with Gasteiger partial charge in [0.05, 0.1) is 5.69 Å². The van der Waals surface area contributed by atoms with Crippen LogP contribution in [0.3, 0.4) is 0 Å². The lowest BCUT2D eigenvalue weighted by Crippen LogP contribution is -2.13. The Bertz CT molecular complexity index is 648. The van der Waals surface area contributed by atoms with Crippen LogP contribution in [0.15, 0.2) is 28.7 Å². The smallest absolute Gasteiger partial charge is 0.384 e. The first-order valence-corrected chi connectivity index (χ1v) is 6.36. The molecule has 0 amide bonds. The van der Waals surface area contributed by atoms with Gasteiger partial charge in [0.1, 0.15) is 11.6 Å². The standard InChI is InChI=1S/C11H7BrClF3N4/c12-6-2-1-5(13)3-7(6)18-9-4-8(17)19-10(20-9)11(14,15)16/h1-4H,(H3,17,18,19,20). The van der Waals surface area contributed by atoms with Crippen LogP contribution in [-0.2, 0) is 6.18 Å². The Hall–Kier alpha value is -1.54. The number of halogens is 5. The van der Waals surface area contributed by atoms with Crippen LogP contribution in [0.2, 0.25) is 5.02 Å². The van der Waals surface area contributed by atoms with Gasteiger partial charge < -0.3 is 11.1 Å². The first kappa shape index (κ1) is 14.9. The van der Waals surface area contributed by atoms with Crippen LogP contribution in [-0.4, -0.2) is 9.97 Å². The van der Waals surface area contributed by atoms with Gasteiger partial charge in [-0.05, 0) is 34.1 Å². The number of benzene rings is 1. The van der Waals surface area contributed by atoms with Crippen LogP contribution < -0.4 is 11.1 Å². The van der Waals surface area contributed by atoms with Crippen LogP contribution in [0.25, 0.3) is 0 Å². The van der Waals surface area contributed by atoms with Crippen LogP contribution in [0.1, 0.15) is 5.82 Å². The van der Waals surface area contributed by atoms with E-state index in [0.717, 1.165) is 0 Å². The van der Waals surface area contributed by atoms with E-state index >= 15 is 0 Å². The predicted molar refractivity (Wildman–Crippen MR) is 73.9 cm³/mol. The number of nitrogen functional groups attached to an aromatic ring is 1. The number of anilines is 3. The number of hydrogen-bond donors (Lipinski definition) is 2. The van der Waals surface area contributed by atoms with Gasteiger partial charge in [-0.3, -0.25) is 0 Å². The maximum absolute atomic E-state index is 12.6. The summed E-state index contributed by atoms with van der Waals surface area (Å²) < 4.78 is 38.4. The van der Waals surface area contributed by atoms with Crippen LogP contribution in [0, 0.1) is 0 Å². The fourth-order valence-electron chi connectivity index (χ4n) is 1.39. The van der Waals surface area contributed by atoms with Crippen molar-refractivity contribution in [1.29, 1.82) is 0 Å². The second-order valence-corrected chi connectivity index (χ2v) is 5.04. The molecule has 0 aliphatic carbocycles. The minimum Gasteiger partial charge on any atom is -0.384 e. The molecule has 0 saturated carbocycles. The van der Waals surface area contributed by atoms with Crippen molar-refractivity contribution in [3.05, 3.63) is 39.6 Å². The van der Waals surface area contributed by atoms with Gasteiger partial charge in [0.15, 0.2) is 0 Å². The largest absolute Gasteiger partial charge is 0.451 e. The Labute approximate surface area is 125 Å². The van der Waals surface area contributed by atoms with Crippen molar-refractivity contribution in [2.24, 2.45) is 0 Å². The fraction of sp³-hybridized carbons (Fsp3) is 0.0909. The molecule has 2 aromatic rings. The van der Waals surface area contributed by atoms with Crippen LogP contribution in [0.4, 0.5) is 30.5 Å². The molecule has 4 nitrogen and oxygen atoms in total. The van der Waals surface area contributed by atoms with E-state index in [1.54, 1.807) is 12.1 Å².